The van der Waals surface area contributed by atoms with E-state index in [1.165, 1.54) is 0 Å². The zero-order chi connectivity index (χ0) is 19.3. The van der Waals surface area contributed by atoms with Crippen LogP contribution in [0.3, 0.4) is 0 Å². The smallest absolute Gasteiger partial charge is 0.320 e. The summed E-state index contributed by atoms with van der Waals surface area (Å²) in [5, 5.41) is 9.73. The summed E-state index contributed by atoms with van der Waals surface area (Å²) in [6.07, 6.45) is 1.06. The Balaban J connectivity index is 2.10. The lowest BCUT2D eigenvalue weighted by Crippen LogP contribution is -2.36. The number of carbonyl (C=O) groups excluding carboxylic acids is 1. The highest BCUT2D eigenvalue weighted by Crippen LogP contribution is 2.32. The Morgan fingerprint density at radius 1 is 1.23 bits per heavy atom. The lowest BCUT2D eigenvalue weighted by molar-refractivity contribution is 0.252. The topological polar surface area (TPSA) is 114 Å². The summed E-state index contributed by atoms with van der Waals surface area (Å²) < 4.78 is 31.1. The molecule has 26 heavy (non-hydrogen) atoms. The molecule has 2 amide bonds. The van der Waals surface area contributed by atoms with Crippen LogP contribution >= 0.6 is 0 Å². The SMILES string of the molecule is COc1ccc(-c2c(C)nn(C)c2NC(=O)NCCNS(C)(=O)=O)cc1. The minimum atomic E-state index is -3.28. The maximum absolute atomic E-state index is 12.1. The Hall–Kier alpha value is -2.59. The number of nitrogens with zero attached hydrogens (tertiary/aromatic N) is 2. The first-order valence-corrected chi connectivity index (χ1v) is 9.78. The van der Waals surface area contributed by atoms with E-state index >= 15 is 0 Å². The van der Waals surface area contributed by atoms with Crippen LogP contribution in [0.15, 0.2) is 24.3 Å². The second kappa shape index (κ2) is 8.19. The van der Waals surface area contributed by atoms with Crippen LogP contribution < -0.4 is 20.1 Å². The largest absolute Gasteiger partial charge is 0.497 e. The molecule has 10 heteroatoms. The minimum absolute atomic E-state index is 0.113. The van der Waals surface area contributed by atoms with Crippen molar-refractivity contribution in [2.45, 2.75) is 6.92 Å². The molecule has 0 fully saturated rings. The van der Waals surface area contributed by atoms with Gasteiger partial charge in [0, 0.05) is 25.7 Å². The van der Waals surface area contributed by atoms with Gasteiger partial charge in [0.15, 0.2) is 0 Å². The molecule has 0 unspecified atom stereocenters. The van der Waals surface area contributed by atoms with Gasteiger partial charge in [-0.15, -0.1) is 0 Å². The van der Waals surface area contributed by atoms with Gasteiger partial charge in [-0.25, -0.2) is 17.9 Å². The Morgan fingerprint density at radius 3 is 2.46 bits per heavy atom. The van der Waals surface area contributed by atoms with E-state index in [2.05, 4.69) is 20.5 Å². The van der Waals surface area contributed by atoms with Crippen LogP contribution in [0.25, 0.3) is 11.1 Å². The summed E-state index contributed by atoms with van der Waals surface area (Å²) in [6, 6.07) is 7.01. The molecule has 1 heterocycles. The average molecular weight is 381 g/mol. The second-order valence-electron chi connectivity index (χ2n) is 5.71. The lowest BCUT2D eigenvalue weighted by atomic mass is 10.1. The highest BCUT2D eigenvalue weighted by atomic mass is 32.2. The zero-order valence-corrected chi connectivity index (χ0v) is 16.0. The summed E-state index contributed by atoms with van der Waals surface area (Å²) in [5.41, 5.74) is 2.47. The van der Waals surface area contributed by atoms with E-state index < -0.39 is 16.1 Å². The van der Waals surface area contributed by atoms with E-state index in [9.17, 15) is 13.2 Å². The zero-order valence-electron chi connectivity index (χ0n) is 15.2. The van der Waals surface area contributed by atoms with Gasteiger partial charge in [-0.05, 0) is 24.6 Å². The van der Waals surface area contributed by atoms with Crippen molar-refractivity contribution in [1.29, 1.82) is 0 Å². The van der Waals surface area contributed by atoms with Gasteiger partial charge in [-0.3, -0.25) is 10.00 Å². The number of amides is 2. The Labute approximate surface area is 152 Å². The van der Waals surface area contributed by atoms with Crippen LogP contribution in [0.4, 0.5) is 10.6 Å². The molecule has 1 aromatic heterocycles. The molecule has 0 aliphatic rings. The van der Waals surface area contributed by atoms with Crippen molar-refractivity contribution in [3.8, 4) is 16.9 Å². The number of aromatic nitrogens is 2. The number of rotatable bonds is 7. The number of benzene rings is 1. The van der Waals surface area contributed by atoms with Crippen LogP contribution in [0.5, 0.6) is 5.75 Å². The number of hydrogen-bond acceptors (Lipinski definition) is 5. The third kappa shape index (κ3) is 5.20. The third-order valence-electron chi connectivity index (χ3n) is 3.61. The molecule has 2 rings (SSSR count). The number of ether oxygens (including phenoxy) is 1. The number of sulfonamides is 1. The number of urea groups is 1. The quantitative estimate of drug-likeness (QED) is 0.621. The summed E-state index contributed by atoms with van der Waals surface area (Å²) in [6.45, 7) is 2.13. The lowest BCUT2D eigenvalue weighted by Gasteiger charge is -2.11. The Bertz CT molecular complexity index is 875. The summed E-state index contributed by atoms with van der Waals surface area (Å²) in [4.78, 5) is 12.1. The molecule has 1 aromatic carbocycles. The van der Waals surface area contributed by atoms with Gasteiger partial charge in [0.2, 0.25) is 10.0 Å². The molecule has 0 aliphatic heterocycles. The number of aryl methyl sites for hydroxylation is 2. The number of anilines is 1. The molecule has 142 valence electrons. The molecule has 0 radical (unpaired) electrons. The molecular formula is C16H23N5O4S. The van der Waals surface area contributed by atoms with Gasteiger partial charge in [-0.2, -0.15) is 5.10 Å². The van der Waals surface area contributed by atoms with E-state index in [0.29, 0.717) is 5.82 Å². The number of methoxy groups -OCH3 is 1. The van der Waals surface area contributed by atoms with Crippen LogP contribution in [-0.2, 0) is 17.1 Å². The molecule has 0 aliphatic carbocycles. The van der Waals surface area contributed by atoms with Crippen molar-refractivity contribution in [1.82, 2.24) is 19.8 Å². The maximum Gasteiger partial charge on any atom is 0.320 e. The number of nitrogens with one attached hydrogen (secondary N) is 3. The Kier molecular flexibility index (Phi) is 6.22. The standard InChI is InChI=1S/C16H23N5O4S/c1-11-14(12-5-7-13(25-3)8-6-12)15(21(2)20-11)19-16(22)17-9-10-18-26(4,23)24/h5-8,18H,9-10H2,1-4H3,(H2,17,19,22). The van der Waals surface area contributed by atoms with Crippen LogP contribution in [-0.4, -0.2) is 50.7 Å². The fourth-order valence-corrected chi connectivity index (χ4v) is 2.94. The van der Waals surface area contributed by atoms with Crippen molar-refractivity contribution < 1.29 is 17.9 Å². The van der Waals surface area contributed by atoms with E-state index in [-0.39, 0.29) is 13.1 Å². The molecule has 0 bridgehead atoms. The molecular weight excluding hydrogens is 358 g/mol. The average Bonchev–Trinajstić information content (AvgIpc) is 2.84. The van der Waals surface area contributed by atoms with Crippen molar-refractivity contribution >= 4 is 21.9 Å². The Morgan fingerprint density at radius 2 is 1.88 bits per heavy atom. The predicted molar refractivity (Wildman–Crippen MR) is 99.8 cm³/mol. The van der Waals surface area contributed by atoms with Gasteiger partial charge in [0.25, 0.3) is 0 Å². The third-order valence-corrected chi connectivity index (χ3v) is 4.34. The second-order valence-corrected chi connectivity index (χ2v) is 7.54. The maximum atomic E-state index is 12.1. The number of hydrogen-bond donors (Lipinski definition) is 3. The molecule has 9 nitrogen and oxygen atoms in total. The van der Waals surface area contributed by atoms with Crippen LogP contribution in [0, 0.1) is 6.92 Å². The fraction of sp³-hybridized carbons (Fsp3) is 0.375. The first-order chi connectivity index (χ1) is 12.2. The minimum Gasteiger partial charge on any atom is -0.497 e. The molecule has 0 saturated heterocycles. The first-order valence-electron chi connectivity index (χ1n) is 7.89. The normalized spacial score (nSPS) is 11.2. The highest BCUT2D eigenvalue weighted by molar-refractivity contribution is 7.88. The van der Waals surface area contributed by atoms with Gasteiger partial charge in [0.05, 0.1) is 19.1 Å². The van der Waals surface area contributed by atoms with E-state index in [1.807, 2.05) is 31.2 Å². The van der Waals surface area contributed by atoms with Crippen molar-refractivity contribution in [3.63, 3.8) is 0 Å². The molecule has 3 N–H and O–H groups in total. The van der Waals surface area contributed by atoms with Crippen molar-refractivity contribution in [2.75, 3.05) is 31.8 Å². The van der Waals surface area contributed by atoms with Crippen LogP contribution in [0.2, 0.25) is 0 Å². The van der Waals surface area contributed by atoms with Gasteiger partial charge >= 0.3 is 6.03 Å². The van der Waals surface area contributed by atoms with E-state index in [0.717, 1.165) is 28.8 Å². The molecule has 2 aromatic rings. The summed E-state index contributed by atoms with van der Waals surface area (Å²) >= 11 is 0. The van der Waals surface area contributed by atoms with Gasteiger partial charge < -0.3 is 10.1 Å². The van der Waals surface area contributed by atoms with Crippen LogP contribution in [0.1, 0.15) is 5.69 Å². The van der Waals surface area contributed by atoms with Crippen molar-refractivity contribution in [3.05, 3.63) is 30.0 Å². The number of carbonyl (C=O) groups is 1. The monoisotopic (exact) mass is 381 g/mol. The van der Waals surface area contributed by atoms with E-state index in [1.54, 1.807) is 18.8 Å². The fourth-order valence-electron chi connectivity index (χ4n) is 2.47. The highest BCUT2D eigenvalue weighted by Gasteiger charge is 2.17. The predicted octanol–water partition coefficient (Wildman–Crippen LogP) is 1.07. The molecule has 0 spiro atoms. The molecule has 0 saturated carbocycles. The van der Waals surface area contributed by atoms with Gasteiger partial charge in [-0.1, -0.05) is 12.1 Å². The first kappa shape index (κ1) is 19.7. The van der Waals surface area contributed by atoms with E-state index in [4.69, 9.17) is 4.74 Å². The van der Waals surface area contributed by atoms with Crippen molar-refractivity contribution in [2.24, 2.45) is 7.05 Å². The summed E-state index contributed by atoms with van der Waals surface area (Å²) in [7, 11) is 0.0555. The molecule has 0 atom stereocenters. The van der Waals surface area contributed by atoms with Gasteiger partial charge in [0.1, 0.15) is 11.6 Å². The summed E-state index contributed by atoms with van der Waals surface area (Å²) in [5.74, 6) is 1.28.